The molecule has 2 heterocycles. The smallest absolute Gasteiger partial charge is 0.376 e. The van der Waals surface area contributed by atoms with Crippen LogP contribution < -0.4 is 21.5 Å². The van der Waals surface area contributed by atoms with Gasteiger partial charge in [-0.1, -0.05) is 16.4 Å². The fourth-order valence-electron chi connectivity index (χ4n) is 2.72. The van der Waals surface area contributed by atoms with Gasteiger partial charge in [0.25, 0.3) is 10.9 Å². The van der Waals surface area contributed by atoms with E-state index in [0.29, 0.717) is 11.1 Å². The van der Waals surface area contributed by atoms with Crippen LogP contribution in [-0.2, 0) is 19.3 Å². The summed E-state index contributed by atoms with van der Waals surface area (Å²) in [6.45, 7) is 0.182. The number of hydrogen-bond donors (Lipinski definition) is 2. The van der Waals surface area contributed by atoms with Gasteiger partial charge in [-0.05, 0) is 17.7 Å². The molecule has 0 aliphatic heterocycles. The van der Waals surface area contributed by atoms with Crippen LogP contribution >= 0.6 is 0 Å². The highest BCUT2D eigenvalue weighted by molar-refractivity contribution is 5.74. The summed E-state index contributed by atoms with van der Waals surface area (Å²) in [5.41, 5.74) is -0.568. The molecule has 4 rings (SSSR count). The van der Waals surface area contributed by atoms with Crippen molar-refractivity contribution in [1.29, 1.82) is 0 Å². The zero-order valence-corrected chi connectivity index (χ0v) is 15.3. The lowest BCUT2D eigenvalue weighted by atomic mass is 10.1. The van der Waals surface area contributed by atoms with Gasteiger partial charge < -0.3 is 19.7 Å². The summed E-state index contributed by atoms with van der Waals surface area (Å²) in [4.78, 5) is 26.7. The first-order valence-electron chi connectivity index (χ1n) is 8.63. The third kappa shape index (κ3) is 4.01. The molecule has 0 fully saturated rings. The molecular formula is C18H11F4N5O4. The molecule has 2 N–H and O–H groups in total. The summed E-state index contributed by atoms with van der Waals surface area (Å²) in [5, 5.41) is 12.2. The predicted molar refractivity (Wildman–Crippen MR) is 97.2 cm³/mol. The van der Waals surface area contributed by atoms with E-state index in [-0.39, 0.29) is 30.0 Å². The normalized spacial score (nSPS) is 11.7. The first-order chi connectivity index (χ1) is 14.7. The largest absolute Gasteiger partial charge is 0.471 e. The van der Waals surface area contributed by atoms with Crippen LogP contribution in [-0.4, -0.2) is 15.3 Å². The van der Waals surface area contributed by atoms with E-state index in [2.05, 4.69) is 35.0 Å². The van der Waals surface area contributed by atoms with Gasteiger partial charge in [0.2, 0.25) is 5.82 Å². The average Bonchev–Trinajstić information content (AvgIpc) is 3.41. The van der Waals surface area contributed by atoms with Gasteiger partial charge in [-0.15, -0.1) is 0 Å². The molecule has 31 heavy (non-hydrogen) atoms. The number of nitrogens with zero attached hydrogens (tertiary/aromatic N) is 3. The Hall–Kier alpha value is -4.03. The summed E-state index contributed by atoms with van der Waals surface area (Å²) in [6, 6.07) is 3.64. The Morgan fingerprint density at radius 1 is 1.00 bits per heavy atom. The van der Waals surface area contributed by atoms with E-state index in [4.69, 9.17) is 0 Å². The van der Waals surface area contributed by atoms with Crippen LogP contribution in [0.3, 0.4) is 0 Å². The number of anilines is 2. The van der Waals surface area contributed by atoms with Crippen LogP contribution in [0.15, 0.2) is 49.3 Å². The molecule has 0 atom stereocenters. The molecule has 160 valence electrons. The second-order valence-electron chi connectivity index (χ2n) is 6.38. The molecular weight excluding hydrogens is 426 g/mol. The van der Waals surface area contributed by atoms with Crippen LogP contribution in [0, 0.1) is 5.82 Å². The molecule has 0 spiro atoms. The summed E-state index contributed by atoms with van der Waals surface area (Å²) in [6.07, 6.45) is -2.03. The molecule has 9 nitrogen and oxygen atoms in total. The molecule has 0 saturated heterocycles. The van der Waals surface area contributed by atoms with E-state index in [1.165, 1.54) is 24.6 Å². The minimum atomic E-state index is -4.84. The molecule has 0 aliphatic carbocycles. The highest BCUT2D eigenvalue weighted by atomic mass is 19.4. The van der Waals surface area contributed by atoms with Crippen molar-refractivity contribution in [3.05, 3.63) is 73.9 Å². The molecule has 4 aromatic rings. The zero-order valence-electron chi connectivity index (χ0n) is 15.3. The lowest BCUT2D eigenvalue weighted by Crippen LogP contribution is -2.37. The lowest BCUT2D eigenvalue weighted by Gasteiger charge is -2.14. The van der Waals surface area contributed by atoms with E-state index >= 15 is 0 Å². The highest BCUT2D eigenvalue weighted by Crippen LogP contribution is 2.30. The zero-order chi connectivity index (χ0) is 22.2. The van der Waals surface area contributed by atoms with Gasteiger partial charge >= 0.3 is 12.1 Å². The van der Waals surface area contributed by atoms with Gasteiger partial charge in [0.1, 0.15) is 23.5 Å². The minimum absolute atomic E-state index is 0.0238. The second kappa shape index (κ2) is 7.66. The van der Waals surface area contributed by atoms with Crippen molar-refractivity contribution in [2.75, 3.05) is 10.6 Å². The topological polar surface area (TPSA) is 123 Å². The van der Waals surface area contributed by atoms with E-state index in [1.807, 2.05) is 0 Å². The molecule has 2 aromatic carbocycles. The summed E-state index contributed by atoms with van der Waals surface area (Å²) in [5.74, 6) is -3.02. The molecule has 13 heteroatoms. The van der Waals surface area contributed by atoms with E-state index in [0.717, 1.165) is 6.07 Å². The Balaban J connectivity index is 1.45. The van der Waals surface area contributed by atoms with Gasteiger partial charge in [-0.25, -0.2) is 4.39 Å². The SMILES string of the molecule is O=c1c(NCc2cnoc2)c(NCc2ccc(-c3noc(C(F)(F)F)n3)c(F)c2)c1=O. The standard InChI is InChI=1S/C18H11F4N5O4/c19-11-3-8(1-2-10(11)16-26-17(31-27-16)18(20,21)22)4-23-12-13(15(29)14(12)28)24-5-9-6-25-30-7-9/h1-3,6-7,23-24H,4-5H2. The molecule has 0 amide bonds. The number of benzene rings is 1. The molecule has 0 unspecified atom stereocenters. The summed E-state index contributed by atoms with van der Waals surface area (Å²) in [7, 11) is 0. The van der Waals surface area contributed by atoms with E-state index in [9.17, 15) is 27.2 Å². The Bertz CT molecular complexity index is 1290. The predicted octanol–water partition coefficient (Wildman–Crippen LogP) is 2.70. The first kappa shape index (κ1) is 20.3. The van der Waals surface area contributed by atoms with Gasteiger partial charge in [-0.3, -0.25) is 9.59 Å². The van der Waals surface area contributed by atoms with E-state index in [1.54, 1.807) is 0 Å². The summed E-state index contributed by atoms with van der Waals surface area (Å²) < 4.78 is 60.8. The second-order valence-corrected chi connectivity index (χ2v) is 6.38. The number of alkyl halides is 3. The van der Waals surface area contributed by atoms with Crippen molar-refractivity contribution in [1.82, 2.24) is 15.3 Å². The van der Waals surface area contributed by atoms with Gasteiger partial charge in [-0.2, -0.15) is 18.2 Å². The molecule has 0 radical (unpaired) electrons. The van der Waals surface area contributed by atoms with Crippen molar-refractivity contribution in [3.8, 4) is 11.4 Å². The first-order valence-corrected chi connectivity index (χ1v) is 8.63. The average molecular weight is 437 g/mol. The number of rotatable bonds is 7. The number of aromatic nitrogens is 3. The van der Waals surface area contributed by atoms with Gasteiger partial charge in [0, 0.05) is 18.7 Å². The minimum Gasteiger partial charge on any atom is -0.376 e. The summed E-state index contributed by atoms with van der Waals surface area (Å²) >= 11 is 0. The molecule has 0 aliphatic rings. The maximum atomic E-state index is 14.4. The van der Waals surface area contributed by atoms with Crippen molar-refractivity contribution >= 4 is 11.4 Å². The van der Waals surface area contributed by atoms with Crippen molar-refractivity contribution in [3.63, 3.8) is 0 Å². The van der Waals surface area contributed by atoms with Crippen LogP contribution in [0.25, 0.3) is 11.4 Å². The molecule has 0 saturated carbocycles. The Kier molecular flexibility index (Phi) is 5.01. The molecule has 2 aromatic heterocycles. The third-order valence-corrected chi connectivity index (χ3v) is 4.28. The van der Waals surface area contributed by atoms with Crippen molar-refractivity contribution in [2.24, 2.45) is 0 Å². The number of hydrogen-bond acceptors (Lipinski definition) is 9. The highest BCUT2D eigenvalue weighted by Gasteiger charge is 2.38. The van der Waals surface area contributed by atoms with Crippen LogP contribution in [0.2, 0.25) is 0 Å². The quantitative estimate of drug-likeness (QED) is 0.332. The van der Waals surface area contributed by atoms with Gasteiger partial charge in [0.05, 0.1) is 11.8 Å². The Morgan fingerprint density at radius 3 is 2.23 bits per heavy atom. The fraction of sp³-hybridized carbons (Fsp3) is 0.167. The number of halogens is 4. The van der Waals surface area contributed by atoms with Crippen LogP contribution in [0.5, 0.6) is 0 Å². The monoisotopic (exact) mass is 437 g/mol. The Morgan fingerprint density at radius 2 is 1.68 bits per heavy atom. The number of nitrogens with one attached hydrogen (secondary N) is 2. The van der Waals surface area contributed by atoms with Crippen LogP contribution in [0.1, 0.15) is 17.0 Å². The Labute approximate surface area is 169 Å². The van der Waals surface area contributed by atoms with Crippen molar-refractivity contribution in [2.45, 2.75) is 19.3 Å². The van der Waals surface area contributed by atoms with Crippen molar-refractivity contribution < 1.29 is 26.6 Å². The fourth-order valence-corrected chi connectivity index (χ4v) is 2.72. The maximum Gasteiger partial charge on any atom is 0.471 e. The third-order valence-electron chi connectivity index (χ3n) is 4.28. The van der Waals surface area contributed by atoms with Gasteiger partial charge in [0.15, 0.2) is 0 Å². The lowest BCUT2D eigenvalue weighted by molar-refractivity contribution is -0.159. The maximum absolute atomic E-state index is 14.4. The van der Waals surface area contributed by atoms with E-state index < -0.39 is 34.6 Å². The molecule has 0 bridgehead atoms. The van der Waals surface area contributed by atoms with Crippen LogP contribution in [0.4, 0.5) is 28.9 Å².